The first-order valence-corrected chi connectivity index (χ1v) is 8.61. The Balaban J connectivity index is 1.61. The van der Waals surface area contributed by atoms with Gasteiger partial charge in [0.2, 0.25) is 5.91 Å². The van der Waals surface area contributed by atoms with Crippen LogP contribution in [0.1, 0.15) is 23.6 Å². The highest BCUT2D eigenvalue weighted by Gasteiger charge is 2.37. The maximum absolute atomic E-state index is 13.1. The first-order chi connectivity index (χ1) is 10.6. The predicted molar refractivity (Wildman–Crippen MR) is 92.1 cm³/mol. The fourth-order valence-corrected chi connectivity index (χ4v) is 4.27. The van der Waals surface area contributed by atoms with Crippen LogP contribution in [0.15, 0.2) is 46.9 Å². The molecule has 3 heteroatoms. The minimum atomic E-state index is 0.0814. The van der Waals surface area contributed by atoms with Gasteiger partial charge in [0.25, 0.3) is 0 Å². The molecule has 0 saturated heterocycles. The predicted octanol–water partition coefficient (Wildman–Crippen LogP) is 4.14. The molecule has 2 aliphatic rings. The molecule has 1 aliphatic heterocycles. The van der Waals surface area contributed by atoms with Crippen molar-refractivity contribution in [2.24, 2.45) is 5.92 Å². The van der Waals surface area contributed by atoms with E-state index in [9.17, 15) is 4.79 Å². The van der Waals surface area contributed by atoms with Gasteiger partial charge >= 0.3 is 0 Å². The minimum absolute atomic E-state index is 0.0814. The number of anilines is 1. The second kappa shape index (κ2) is 5.24. The Morgan fingerprint density at radius 2 is 1.82 bits per heavy atom. The summed E-state index contributed by atoms with van der Waals surface area (Å²) in [6.45, 7) is 2.15. The number of rotatable bonds is 1. The van der Waals surface area contributed by atoms with Crippen molar-refractivity contribution in [2.75, 3.05) is 4.90 Å². The van der Waals surface area contributed by atoms with Crippen LogP contribution in [0.4, 0.5) is 5.69 Å². The minimum Gasteiger partial charge on any atom is -0.309 e. The fourth-order valence-electron chi connectivity index (χ4n) is 3.86. The molecular formula is C19H18BrNO. The van der Waals surface area contributed by atoms with E-state index in [0.29, 0.717) is 0 Å². The third-order valence-electron chi connectivity index (χ3n) is 4.89. The highest BCUT2D eigenvalue weighted by atomic mass is 79.9. The van der Waals surface area contributed by atoms with Gasteiger partial charge in [0.15, 0.2) is 0 Å². The van der Waals surface area contributed by atoms with Crippen LogP contribution >= 0.6 is 15.9 Å². The molecule has 2 unspecified atom stereocenters. The van der Waals surface area contributed by atoms with Crippen molar-refractivity contribution >= 4 is 27.5 Å². The molecule has 2 aromatic carbocycles. The van der Waals surface area contributed by atoms with Gasteiger partial charge in [-0.2, -0.15) is 0 Å². The van der Waals surface area contributed by atoms with Gasteiger partial charge in [-0.3, -0.25) is 4.79 Å². The number of halogens is 1. The molecule has 1 amide bonds. The van der Waals surface area contributed by atoms with E-state index >= 15 is 0 Å². The van der Waals surface area contributed by atoms with Crippen molar-refractivity contribution in [3.05, 3.63) is 63.6 Å². The van der Waals surface area contributed by atoms with Crippen molar-refractivity contribution < 1.29 is 4.79 Å². The Morgan fingerprint density at radius 1 is 1.05 bits per heavy atom. The fraction of sp³-hybridized carbons (Fsp3) is 0.316. The smallest absolute Gasteiger partial charge is 0.231 e. The lowest BCUT2D eigenvalue weighted by Gasteiger charge is -2.25. The van der Waals surface area contributed by atoms with Crippen LogP contribution in [0.25, 0.3) is 0 Å². The van der Waals surface area contributed by atoms with Crippen molar-refractivity contribution in [3.8, 4) is 0 Å². The highest BCUT2D eigenvalue weighted by molar-refractivity contribution is 9.10. The average Bonchev–Trinajstić information content (AvgIpc) is 3.06. The molecule has 1 heterocycles. The van der Waals surface area contributed by atoms with Gasteiger partial charge in [-0.15, -0.1) is 0 Å². The van der Waals surface area contributed by atoms with Crippen LogP contribution in [-0.2, 0) is 24.1 Å². The van der Waals surface area contributed by atoms with Crippen LogP contribution in [0.3, 0.4) is 0 Å². The third-order valence-corrected chi connectivity index (χ3v) is 5.39. The topological polar surface area (TPSA) is 20.3 Å². The highest BCUT2D eigenvalue weighted by Crippen LogP contribution is 2.36. The molecule has 112 valence electrons. The number of carbonyl (C=O) groups excluding carboxylic acids is 1. The van der Waals surface area contributed by atoms with Crippen LogP contribution in [0.5, 0.6) is 0 Å². The molecule has 0 spiro atoms. The van der Waals surface area contributed by atoms with Gasteiger partial charge in [0, 0.05) is 22.1 Å². The monoisotopic (exact) mass is 355 g/mol. The summed E-state index contributed by atoms with van der Waals surface area (Å²) in [6.07, 6.45) is 2.69. The van der Waals surface area contributed by atoms with Gasteiger partial charge in [-0.1, -0.05) is 40.2 Å². The van der Waals surface area contributed by atoms with E-state index in [1.807, 2.05) is 11.0 Å². The average molecular weight is 356 g/mol. The summed E-state index contributed by atoms with van der Waals surface area (Å²) < 4.78 is 1.10. The number of benzene rings is 2. The zero-order chi connectivity index (χ0) is 15.3. The molecule has 2 atom stereocenters. The van der Waals surface area contributed by atoms with Gasteiger partial charge in [-0.25, -0.2) is 0 Å². The van der Waals surface area contributed by atoms with E-state index < -0.39 is 0 Å². The summed E-state index contributed by atoms with van der Waals surface area (Å²) >= 11 is 3.52. The number of amides is 1. The second-order valence-corrected chi connectivity index (χ2v) is 7.32. The van der Waals surface area contributed by atoms with Crippen LogP contribution < -0.4 is 4.90 Å². The van der Waals surface area contributed by atoms with Gasteiger partial charge in [0.1, 0.15) is 0 Å². The Labute approximate surface area is 139 Å². The second-order valence-electron chi connectivity index (χ2n) is 6.41. The van der Waals surface area contributed by atoms with Crippen molar-refractivity contribution in [1.82, 2.24) is 0 Å². The maximum atomic E-state index is 13.1. The summed E-state index contributed by atoms with van der Waals surface area (Å²) in [5.41, 5.74) is 5.04. The molecule has 2 aromatic rings. The van der Waals surface area contributed by atoms with Crippen LogP contribution in [0, 0.1) is 5.92 Å². The summed E-state index contributed by atoms with van der Waals surface area (Å²) in [4.78, 5) is 15.1. The van der Waals surface area contributed by atoms with Crippen LogP contribution in [-0.4, -0.2) is 11.9 Å². The number of carbonyl (C=O) groups is 1. The molecule has 0 saturated carbocycles. The molecular weight excluding hydrogens is 338 g/mol. The largest absolute Gasteiger partial charge is 0.309 e. The molecule has 0 N–H and O–H groups in total. The van der Waals surface area contributed by atoms with Crippen LogP contribution in [0.2, 0.25) is 0 Å². The lowest BCUT2D eigenvalue weighted by Crippen LogP contribution is -2.40. The Morgan fingerprint density at radius 3 is 2.68 bits per heavy atom. The van der Waals surface area contributed by atoms with Gasteiger partial charge < -0.3 is 4.90 Å². The number of hydrogen-bond donors (Lipinski definition) is 0. The van der Waals surface area contributed by atoms with Crippen molar-refractivity contribution in [3.63, 3.8) is 0 Å². The zero-order valence-electron chi connectivity index (χ0n) is 12.6. The van der Waals surface area contributed by atoms with E-state index in [0.717, 1.165) is 29.4 Å². The van der Waals surface area contributed by atoms with E-state index in [-0.39, 0.29) is 17.9 Å². The van der Waals surface area contributed by atoms with Gasteiger partial charge in [0.05, 0.1) is 0 Å². The normalized spacial score (nSPS) is 22.5. The summed E-state index contributed by atoms with van der Waals surface area (Å²) in [7, 11) is 0. The Kier molecular flexibility index (Phi) is 3.33. The van der Waals surface area contributed by atoms with E-state index in [2.05, 4.69) is 59.3 Å². The summed E-state index contributed by atoms with van der Waals surface area (Å²) in [6, 6.07) is 14.9. The molecule has 22 heavy (non-hydrogen) atoms. The van der Waals surface area contributed by atoms with Crippen molar-refractivity contribution in [2.45, 2.75) is 32.2 Å². The Bertz CT molecular complexity index is 755. The first-order valence-electron chi connectivity index (χ1n) is 7.82. The van der Waals surface area contributed by atoms with E-state index in [1.165, 1.54) is 16.7 Å². The quantitative estimate of drug-likeness (QED) is 0.752. The standard InChI is InChI=1S/C19H18BrNO/c1-12-8-14-4-2-3-5-18(14)21(12)19(22)16-9-13-6-7-17(20)11-15(13)10-16/h2-7,11-12,16H,8-10H2,1H3. The number of para-hydroxylation sites is 1. The molecule has 0 bridgehead atoms. The lowest BCUT2D eigenvalue weighted by atomic mass is 10.0. The molecule has 0 aromatic heterocycles. The summed E-state index contributed by atoms with van der Waals surface area (Å²) in [5.74, 6) is 0.364. The van der Waals surface area contributed by atoms with Crippen molar-refractivity contribution in [1.29, 1.82) is 0 Å². The molecule has 1 aliphatic carbocycles. The molecule has 2 nitrogen and oxygen atoms in total. The number of hydrogen-bond acceptors (Lipinski definition) is 1. The third kappa shape index (κ3) is 2.19. The van der Waals surface area contributed by atoms with E-state index in [1.54, 1.807) is 0 Å². The molecule has 4 rings (SSSR count). The molecule has 0 radical (unpaired) electrons. The Hall–Kier alpha value is -1.61. The zero-order valence-corrected chi connectivity index (χ0v) is 14.1. The lowest BCUT2D eigenvalue weighted by molar-refractivity contribution is -0.122. The summed E-state index contributed by atoms with van der Waals surface area (Å²) in [5, 5.41) is 0. The maximum Gasteiger partial charge on any atom is 0.231 e. The number of fused-ring (bicyclic) bond motifs is 2. The van der Waals surface area contributed by atoms with E-state index in [4.69, 9.17) is 0 Å². The number of nitrogens with zero attached hydrogens (tertiary/aromatic N) is 1. The SMILES string of the molecule is CC1Cc2ccccc2N1C(=O)C1Cc2ccc(Br)cc2C1. The van der Waals surface area contributed by atoms with Gasteiger partial charge in [-0.05, 0) is 61.1 Å². The molecule has 0 fully saturated rings. The first kappa shape index (κ1) is 14.0.